The molecule has 0 aromatic rings. The van der Waals surface area contributed by atoms with Crippen LogP contribution in [-0.2, 0) is 38.7 Å². The van der Waals surface area contributed by atoms with Crippen molar-refractivity contribution in [3.8, 4) is 0 Å². The van der Waals surface area contributed by atoms with Gasteiger partial charge in [-0.05, 0) is 77.0 Å². The molecule has 12 nitrogen and oxygen atoms in total. The average molecular weight is 869 g/mol. The van der Waals surface area contributed by atoms with Gasteiger partial charge in [0.2, 0.25) is 0 Å². The van der Waals surface area contributed by atoms with E-state index in [1.807, 2.05) is 12.2 Å². The van der Waals surface area contributed by atoms with Gasteiger partial charge in [-0.1, -0.05) is 139 Å². The standard InChI is InChI=1S/C47H80O12S/c1-3-5-7-9-11-13-15-17-19-20-22-24-26-28-30-32-34-36-43(49)58-40(38-57-47-46(52)45(51)44(50)41(59-47)39-60(53,54)55)37-56-42(48)35-33-31-29-27-25-23-21-18-16-14-12-10-8-6-4-2/h11,13-14,16-17,19,22,24,28,30,40-41,44-47,50-52H,3-10,12,15,18,20-21,23,25-27,29,31-39H2,1-2H3,(H,53,54,55)/b13-11+,16-14+,19-17+,24-22+,30-28+/t40-,41-,44-,45?,46?,47+/m1/s1. The van der Waals surface area contributed by atoms with Gasteiger partial charge in [-0.25, -0.2) is 0 Å². The van der Waals surface area contributed by atoms with E-state index in [1.165, 1.54) is 64.2 Å². The molecule has 0 radical (unpaired) electrons. The third-order valence-electron chi connectivity index (χ3n) is 10.1. The minimum atomic E-state index is -4.61. The van der Waals surface area contributed by atoms with Crippen LogP contribution in [-0.4, -0.2) is 96.0 Å². The molecule has 0 aromatic carbocycles. The van der Waals surface area contributed by atoms with Crippen molar-refractivity contribution < 1.29 is 56.8 Å². The topological polar surface area (TPSA) is 186 Å². The smallest absolute Gasteiger partial charge is 0.306 e. The second kappa shape index (κ2) is 37.0. The van der Waals surface area contributed by atoms with Crippen LogP contribution in [0.5, 0.6) is 0 Å². The second-order valence-corrected chi connectivity index (χ2v) is 17.2. The summed E-state index contributed by atoms with van der Waals surface area (Å²) >= 11 is 0. The summed E-state index contributed by atoms with van der Waals surface area (Å²) in [5.74, 6) is -2.07. The van der Waals surface area contributed by atoms with Crippen LogP contribution in [0, 0.1) is 0 Å². The summed E-state index contributed by atoms with van der Waals surface area (Å²) in [7, 11) is -4.61. The first-order chi connectivity index (χ1) is 29.0. The van der Waals surface area contributed by atoms with E-state index in [0.29, 0.717) is 19.3 Å². The molecule has 0 aromatic heterocycles. The van der Waals surface area contributed by atoms with Gasteiger partial charge in [-0.15, -0.1) is 0 Å². The van der Waals surface area contributed by atoms with Crippen LogP contribution in [0.15, 0.2) is 60.8 Å². The zero-order valence-corrected chi connectivity index (χ0v) is 37.6. The molecule has 0 spiro atoms. The Labute approximate surface area is 362 Å². The third kappa shape index (κ3) is 31.2. The van der Waals surface area contributed by atoms with E-state index in [4.69, 9.17) is 18.9 Å². The van der Waals surface area contributed by atoms with Crippen molar-refractivity contribution in [1.82, 2.24) is 0 Å². The summed E-state index contributed by atoms with van der Waals surface area (Å²) in [6.45, 7) is 3.66. The van der Waals surface area contributed by atoms with Crippen LogP contribution >= 0.6 is 0 Å². The van der Waals surface area contributed by atoms with E-state index in [0.717, 1.165) is 57.8 Å². The van der Waals surface area contributed by atoms with Gasteiger partial charge < -0.3 is 34.3 Å². The molecule has 0 aliphatic carbocycles. The quantitative estimate of drug-likeness (QED) is 0.0201. The van der Waals surface area contributed by atoms with E-state index in [9.17, 15) is 37.9 Å². The Hall–Kier alpha value is -2.65. The largest absolute Gasteiger partial charge is 0.462 e. The van der Waals surface area contributed by atoms with Crippen molar-refractivity contribution in [3.63, 3.8) is 0 Å². The first-order valence-electron chi connectivity index (χ1n) is 22.8. The second-order valence-electron chi connectivity index (χ2n) is 15.7. The summed E-state index contributed by atoms with van der Waals surface area (Å²) < 4.78 is 54.0. The van der Waals surface area contributed by atoms with Gasteiger partial charge in [0.1, 0.15) is 36.8 Å². The molecule has 13 heteroatoms. The monoisotopic (exact) mass is 869 g/mol. The van der Waals surface area contributed by atoms with Gasteiger partial charge in [-0.3, -0.25) is 14.1 Å². The molecule has 1 aliphatic heterocycles. The number of ether oxygens (including phenoxy) is 4. The van der Waals surface area contributed by atoms with Crippen molar-refractivity contribution in [2.45, 2.75) is 205 Å². The molecule has 6 atom stereocenters. The zero-order valence-electron chi connectivity index (χ0n) is 36.8. The first kappa shape index (κ1) is 55.4. The highest BCUT2D eigenvalue weighted by molar-refractivity contribution is 7.85. The molecular formula is C47H80O12S. The van der Waals surface area contributed by atoms with Gasteiger partial charge >= 0.3 is 11.9 Å². The van der Waals surface area contributed by atoms with Crippen molar-refractivity contribution in [1.29, 1.82) is 0 Å². The van der Waals surface area contributed by atoms with E-state index < -0.39 is 71.2 Å². The number of hydrogen-bond acceptors (Lipinski definition) is 11. The van der Waals surface area contributed by atoms with Crippen molar-refractivity contribution in [2.24, 2.45) is 0 Å². The molecule has 4 N–H and O–H groups in total. The third-order valence-corrected chi connectivity index (χ3v) is 10.8. The number of aliphatic hydroxyl groups is 3. The van der Waals surface area contributed by atoms with Crippen LogP contribution in [0.2, 0.25) is 0 Å². The zero-order chi connectivity index (χ0) is 44.1. The van der Waals surface area contributed by atoms with Crippen LogP contribution in [0.4, 0.5) is 0 Å². The fourth-order valence-corrected chi connectivity index (χ4v) is 7.18. The molecular weight excluding hydrogens is 789 g/mol. The van der Waals surface area contributed by atoms with Gasteiger partial charge in [0.25, 0.3) is 10.1 Å². The summed E-state index contributed by atoms with van der Waals surface area (Å²) in [4.78, 5) is 25.4. The minimum absolute atomic E-state index is 0.0855. The number of aliphatic hydroxyl groups excluding tert-OH is 3. The molecule has 60 heavy (non-hydrogen) atoms. The fraction of sp³-hybridized carbons (Fsp3) is 0.745. The number of hydrogen-bond donors (Lipinski definition) is 4. The molecule has 1 fully saturated rings. The SMILES string of the molecule is CCCCC/C=C/C/C=C/C/C=C/C/C=C/CCCC(=O)O[C@H](COC(=O)CCCCCCCCC/C=C/CCCCCC)CO[C@H]1O[C@H](CS(=O)(=O)O)[C@@H](O)C(O)C1O. The first-order valence-corrected chi connectivity index (χ1v) is 24.5. The molecule has 1 saturated heterocycles. The molecule has 2 unspecified atom stereocenters. The summed E-state index contributed by atoms with van der Waals surface area (Å²) in [5, 5.41) is 30.9. The fourth-order valence-electron chi connectivity index (χ4n) is 6.49. The lowest BCUT2D eigenvalue weighted by Crippen LogP contribution is -2.60. The van der Waals surface area contributed by atoms with Crippen LogP contribution in [0.1, 0.15) is 168 Å². The number of carbonyl (C=O) groups is 2. The maximum absolute atomic E-state index is 12.8. The van der Waals surface area contributed by atoms with E-state index >= 15 is 0 Å². The van der Waals surface area contributed by atoms with Crippen molar-refractivity contribution in [2.75, 3.05) is 19.0 Å². The van der Waals surface area contributed by atoms with Crippen LogP contribution in [0.3, 0.4) is 0 Å². The van der Waals surface area contributed by atoms with E-state index in [-0.39, 0.29) is 19.4 Å². The number of allylic oxidation sites excluding steroid dienone is 10. The Morgan fingerprint density at radius 2 is 1.02 bits per heavy atom. The molecule has 1 heterocycles. The number of rotatable bonds is 37. The molecule has 0 saturated carbocycles. The Morgan fingerprint density at radius 1 is 0.567 bits per heavy atom. The minimum Gasteiger partial charge on any atom is -0.462 e. The van der Waals surface area contributed by atoms with Crippen LogP contribution in [0.25, 0.3) is 0 Å². The lowest BCUT2D eigenvalue weighted by Gasteiger charge is -2.40. The number of carbonyl (C=O) groups excluding carboxylic acids is 2. The highest BCUT2D eigenvalue weighted by atomic mass is 32.2. The number of unbranched alkanes of at least 4 members (excludes halogenated alkanes) is 15. The Balaban J connectivity index is 2.50. The van der Waals surface area contributed by atoms with Gasteiger partial charge in [0, 0.05) is 12.8 Å². The van der Waals surface area contributed by atoms with Crippen LogP contribution < -0.4 is 0 Å². The van der Waals surface area contributed by atoms with Crippen molar-refractivity contribution >= 4 is 22.1 Å². The maximum atomic E-state index is 12.8. The van der Waals surface area contributed by atoms with Gasteiger partial charge in [-0.2, -0.15) is 8.42 Å². The lowest BCUT2D eigenvalue weighted by molar-refractivity contribution is -0.297. The Kier molecular flexibility index (Phi) is 34.1. The predicted octanol–water partition coefficient (Wildman–Crippen LogP) is 9.34. The molecule has 1 aliphatic rings. The average Bonchev–Trinajstić information content (AvgIpc) is 3.21. The highest BCUT2D eigenvalue weighted by Gasteiger charge is 2.46. The summed E-state index contributed by atoms with van der Waals surface area (Å²) in [6, 6.07) is 0. The molecule has 1 rings (SSSR count). The normalized spacial score (nSPS) is 20.7. The summed E-state index contributed by atoms with van der Waals surface area (Å²) in [5.41, 5.74) is 0. The molecule has 0 bridgehead atoms. The van der Waals surface area contributed by atoms with Crippen molar-refractivity contribution in [3.05, 3.63) is 60.8 Å². The van der Waals surface area contributed by atoms with Gasteiger partial charge in [0.15, 0.2) is 12.4 Å². The van der Waals surface area contributed by atoms with Gasteiger partial charge in [0.05, 0.1) is 6.61 Å². The Bertz CT molecular complexity index is 1340. The molecule has 346 valence electrons. The highest BCUT2D eigenvalue weighted by Crippen LogP contribution is 2.24. The predicted molar refractivity (Wildman–Crippen MR) is 238 cm³/mol. The maximum Gasteiger partial charge on any atom is 0.306 e. The Morgan fingerprint density at radius 3 is 1.58 bits per heavy atom. The summed E-state index contributed by atoms with van der Waals surface area (Å²) in [6.07, 6.45) is 35.5. The van der Waals surface area contributed by atoms with E-state index in [1.54, 1.807) is 0 Å². The lowest BCUT2D eigenvalue weighted by atomic mass is 10.00. The van der Waals surface area contributed by atoms with E-state index in [2.05, 4.69) is 62.5 Å². The molecule has 0 amide bonds. The number of esters is 2.